The Bertz CT molecular complexity index is 922. The Balaban J connectivity index is 1.85. The summed E-state index contributed by atoms with van der Waals surface area (Å²) in [6.07, 6.45) is 0. The smallest absolute Gasteiger partial charge is 0.338 e. The number of anilines is 1. The summed E-state index contributed by atoms with van der Waals surface area (Å²) in [6.45, 7) is 5.98. The first-order valence-electron chi connectivity index (χ1n) is 8.92. The Kier molecular flexibility index (Phi) is 4.14. The number of fused-ring (bicyclic) bond motifs is 2. The standard InChI is InChI=1S/C20H22N4O3/c1-11(2)22-20(25)24-12(3)15-8-17-18(27-10-26-17)9-16(15)19(23-24)13-4-6-14(21)7-5-13/h4-9,11-12H,10,21H2,1-3H3,(H,22,25). The molecule has 2 aliphatic rings. The van der Waals surface area contributed by atoms with Gasteiger partial charge in [0, 0.05) is 22.9 Å². The fourth-order valence-corrected chi connectivity index (χ4v) is 3.28. The molecule has 0 radical (unpaired) electrons. The van der Waals surface area contributed by atoms with Gasteiger partial charge in [0.1, 0.15) is 0 Å². The Morgan fingerprint density at radius 1 is 1.22 bits per heavy atom. The van der Waals surface area contributed by atoms with Gasteiger partial charge < -0.3 is 20.5 Å². The van der Waals surface area contributed by atoms with Gasteiger partial charge in [0.05, 0.1) is 11.8 Å². The van der Waals surface area contributed by atoms with Crippen LogP contribution in [0.2, 0.25) is 0 Å². The van der Waals surface area contributed by atoms with E-state index in [4.69, 9.17) is 15.2 Å². The van der Waals surface area contributed by atoms with Crippen molar-refractivity contribution in [1.82, 2.24) is 10.3 Å². The predicted octanol–water partition coefficient (Wildman–Crippen LogP) is 3.24. The molecule has 7 nitrogen and oxygen atoms in total. The first-order chi connectivity index (χ1) is 12.9. The number of amides is 2. The van der Waals surface area contributed by atoms with Crippen LogP contribution in [0.5, 0.6) is 11.5 Å². The lowest BCUT2D eigenvalue weighted by molar-refractivity contribution is 0.173. The van der Waals surface area contributed by atoms with E-state index in [2.05, 4.69) is 10.4 Å². The van der Waals surface area contributed by atoms with Crippen LogP contribution in [0, 0.1) is 0 Å². The maximum atomic E-state index is 12.7. The van der Waals surface area contributed by atoms with Crippen molar-refractivity contribution >= 4 is 17.4 Å². The van der Waals surface area contributed by atoms with Gasteiger partial charge in [-0.15, -0.1) is 0 Å². The molecule has 1 atom stereocenters. The molecule has 2 aromatic rings. The number of ether oxygens (including phenoxy) is 2. The molecule has 2 aromatic carbocycles. The number of nitrogens with two attached hydrogens (primary N) is 1. The fraction of sp³-hybridized carbons (Fsp3) is 0.300. The average molecular weight is 366 g/mol. The molecule has 0 fully saturated rings. The minimum Gasteiger partial charge on any atom is -0.454 e. The summed E-state index contributed by atoms with van der Waals surface area (Å²) in [5.41, 5.74) is 9.94. The first-order valence-corrected chi connectivity index (χ1v) is 8.92. The number of nitrogens with zero attached hydrogens (tertiary/aromatic N) is 2. The molecule has 27 heavy (non-hydrogen) atoms. The number of carbonyl (C=O) groups excluding carboxylic acids is 1. The monoisotopic (exact) mass is 366 g/mol. The van der Waals surface area contributed by atoms with E-state index in [0.29, 0.717) is 22.9 Å². The van der Waals surface area contributed by atoms with Crippen molar-refractivity contribution < 1.29 is 14.3 Å². The quantitative estimate of drug-likeness (QED) is 0.799. The minimum atomic E-state index is -0.245. The number of nitrogen functional groups attached to an aromatic ring is 1. The van der Waals surface area contributed by atoms with Crippen LogP contribution in [0.1, 0.15) is 43.5 Å². The Morgan fingerprint density at radius 3 is 2.56 bits per heavy atom. The molecule has 140 valence electrons. The van der Waals surface area contributed by atoms with Crippen LogP contribution in [0.3, 0.4) is 0 Å². The van der Waals surface area contributed by atoms with Crippen molar-refractivity contribution in [3.8, 4) is 11.5 Å². The van der Waals surface area contributed by atoms with Crippen LogP contribution >= 0.6 is 0 Å². The number of benzene rings is 2. The molecule has 4 rings (SSSR count). The number of rotatable bonds is 2. The summed E-state index contributed by atoms with van der Waals surface area (Å²) in [5.74, 6) is 1.37. The lowest BCUT2D eigenvalue weighted by atomic mass is 9.91. The van der Waals surface area contributed by atoms with E-state index in [1.165, 1.54) is 5.01 Å². The molecule has 0 aliphatic carbocycles. The van der Waals surface area contributed by atoms with Crippen molar-refractivity contribution in [1.29, 1.82) is 0 Å². The van der Waals surface area contributed by atoms with E-state index >= 15 is 0 Å². The molecule has 0 saturated heterocycles. The summed E-state index contributed by atoms with van der Waals surface area (Å²) < 4.78 is 11.1. The molecule has 0 aromatic heterocycles. The molecular weight excluding hydrogens is 344 g/mol. The van der Waals surface area contributed by atoms with Crippen molar-refractivity contribution in [2.45, 2.75) is 32.9 Å². The van der Waals surface area contributed by atoms with Gasteiger partial charge in [0.15, 0.2) is 11.5 Å². The van der Waals surface area contributed by atoms with Crippen LogP contribution < -0.4 is 20.5 Å². The van der Waals surface area contributed by atoms with Gasteiger partial charge in [-0.25, -0.2) is 9.80 Å². The third kappa shape index (κ3) is 3.05. The van der Waals surface area contributed by atoms with Gasteiger partial charge >= 0.3 is 6.03 Å². The maximum absolute atomic E-state index is 12.7. The summed E-state index contributed by atoms with van der Waals surface area (Å²) in [6, 6.07) is 10.8. The number of hydrogen-bond donors (Lipinski definition) is 2. The number of hydrazone groups is 1. The largest absolute Gasteiger partial charge is 0.454 e. The summed E-state index contributed by atoms with van der Waals surface area (Å²) in [5, 5.41) is 9.08. The zero-order chi connectivity index (χ0) is 19.1. The van der Waals surface area contributed by atoms with Gasteiger partial charge in [-0.1, -0.05) is 12.1 Å². The van der Waals surface area contributed by atoms with Crippen LogP contribution in [-0.4, -0.2) is 29.6 Å². The van der Waals surface area contributed by atoms with Crippen LogP contribution in [-0.2, 0) is 0 Å². The van der Waals surface area contributed by atoms with E-state index in [0.717, 1.165) is 16.7 Å². The third-order valence-electron chi connectivity index (χ3n) is 4.63. The Morgan fingerprint density at radius 2 is 1.89 bits per heavy atom. The summed E-state index contributed by atoms with van der Waals surface area (Å²) in [7, 11) is 0. The fourth-order valence-electron chi connectivity index (χ4n) is 3.28. The highest BCUT2D eigenvalue weighted by Gasteiger charge is 2.33. The predicted molar refractivity (Wildman–Crippen MR) is 103 cm³/mol. The topological polar surface area (TPSA) is 89.2 Å². The zero-order valence-electron chi connectivity index (χ0n) is 15.5. The van der Waals surface area contributed by atoms with Crippen LogP contribution in [0.15, 0.2) is 41.5 Å². The highest BCUT2D eigenvalue weighted by molar-refractivity contribution is 6.15. The SMILES string of the molecule is CC(C)NC(=O)N1N=C(c2ccc(N)cc2)c2cc3c(cc2C1C)OCO3. The second kappa shape index (κ2) is 6.50. The van der Waals surface area contributed by atoms with E-state index in [-0.39, 0.29) is 24.9 Å². The molecule has 0 bridgehead atoms. The van der Waals surface area contributed by atoms with Crippen molar-refractivity contribution in [2.75, 3.05) is 12.5 Å². The molecule has 3 N–H and O–H groups in total. The number of carbonyl (C=O) groups is 1. The first kappa shape index (κ1) is 17.2. The lowest BCUT2D eigenvalue weighted by Crippen LogP contribution is -2.43. The Labute approximate surface area is 157 Å². The Hall–Kier alpha value is -3.22. The second-order valence-corrected chi connectivity index (χ2v) is 6.99. The van der Waals surface area contributed by atoms with Crippen molar-refractivity contribution in [3.05, 3.63) is 53.1 Å². The van der Waals surface area contributed by atoms with E-state index in [1.54, 1.807) is 0 Å². The van der Waals surface area contributed by atoms with Gasteiger partial charge in [-0.3, -0.25) is 0 Å². The van der Waals surface area contributed by atoms with E-state index < -0.39 is 0 Å². The highest BCUT2D eigenvalue weighted by atomic mass is 16.7. The maximum Gasteiger partial charge on any atom is 0.338 e. The van der Waals surface area contributed by atoms with Crippen LogP contribution in [0.25, 0.3) is 0 Å². The number of urea groups is 1. The molecule has 1 unspecified atom stereocenters. The lowest BCUT2D eigenvalue weighted by Gasteiger charge is -2.32. The molecule has 0 spiro atoms. The van der Waals surface area contributed by atoms with Gasteiger partial charge in [0.25, 0.3) is 0 Å². The van der Waals surface area contributed by atoms with Crippen LogP contribution in [0.4, 0.5) is 10.5 Å². The summed E-state index contributed by atoms with van der Waals surface area (Å²) >= 11 is 0. The van der Waals surface area contributed by atoms with E-state index in [1.807, 2.05) is 57.2 Å². The summed E-state index contributed by atoms with van der Waals surface area (Å²) in [4.78, 5) is 12.7. The normalized spacial score (nSPS) is 17.6. The molecule has 0 saturated carbocycles. The third-order valence-corrected chi connectivity index (χ3v) is 4.63. The molecule has 2 aliphatic heterocycles. The highest BCUT2D eigenvalue weighted by Crippen LogP contribution is 2.41. The molecular formula is C20H22N4O3. The van der Waals surface area contributed by atoms with Gasteiger partial charge in [-0.05, 0) is 50.6 Å². The number of nitrogens with one attached hydrogen (secondary N) is 1. The van der Waals surface area contributed by atoms with E-state index in [9.17, 15) is 4.79 Å². The van der Waals surface area contributed by atoms with Crippen molar-refractivity contribution in [2.24, 2.45) is 5.10 Å². The zero-order valence-corrected chi connectivity index (χ0v) is 15.5. The van der Waals surface area contributed by atoms with Gasteiger partial charge in [0.2, 0.25) is 6.79 Å². The van der Waals surface area contributed by atoms with Crippen molar-refractivity contribution in [3.63, 3.8) is 0 Å². The minimum absolute atomic E-state index is 0.0121. The molecule has 2 heterocycles. The average Bonchev–Trinajstić information content (AvgIpc) is 3.08. The molecule has 7 heteroatoms. The molecule has 2 amide bonds. The second-order valence-electron chi connectivity index (χ2n) is 6.99. The van der Waals surface area contributed by atoms with Gasteiger partial charge in [-0.2, -0.15) is 5.10 Å². The number of hydrogen-bond acceptors (Lipinski definition) is 5.